The molecule has 1 fully saturated rings. The molecule has 0 radical (unpaired) electrons. The molecule has 1 saturated heterocycles. The molecule has 0 spiro atoms. The summed E-state index contributed by atoms with van der Waals surface area (Å²) in [6.45, 7) is 1.24. The molecule has 1 rings (SSSR count). The molecule has 0 bridgehead atoms. The second-order valence-corrected chi connectivity index (χ2v) is 6.00. The Labute approximate surface area is 104 Å². The first-order valence-electron chi connectivity index (χ1n) is 5.09. The topological polar surface area (TPSA) is 119 Å². The van der Waals surface area contributed by atoms with Crippen molar-refractivity contribution >= 4 is 22.0 Å². The molecule has 2 atom stereocenters. The van der Waals surface area contributed by atoms with Crippen molar-refractivity contribution in [2.24, 2.45) is 5.41 Å². The zero-order valence-corrected chi connectivity index (χ0v) is 10.8. The molecule has 104 valence electrons. The minimum Gasteiger partial charge on any atom is -0.481 e. The first-order chi connectivity index (χ1) is 8.21. The molecule has 1 aliphatic rings. The number of carboxylic acids is 1. The van der Waals surface area contributed by atoms with Gasteiger partial charge in [0, 0.05) is 0 Å². The zero-order valence-electron chi connectivity index (χ0n) is 10.0. The summed E-state index contributed by atoms with van der Waals surface area (Å²) in [5.41, 5.74) is -1.34. The van der Waals surface area contributed by atoms with Crippen molar-refractivity contribution in [1.29, 1.82) is 0 Å². The van der Waals surface area contributed by atoms with E-state index in [4.69, 9.17) is 9.84 Å². The lowest BCUT2D eigenvalue weighted by Crippen LogP contribution is -2.50. The average Bonchev–Trinajstić information content (AvgIpc) is 2.60. The third-order valence-electron chi connectivity index (χ3n) is 2.80. The highest BCUT2D eigenvalue weighted by Crippen LogP contribution is 2.29. The van der Waals surface area contributed by atoms with Gasteiger partial charge >= 0.3 is 11.9 Å². The van der Waals surface area contributed by atoms with Gasteiger partial charge in [-0.3, -0.25) is 9.59 Å². The number of nitrogens with one attached hydrogen (secondary N) is 1. The van der Waals surface area contributed by atoms with Crippen LogP contribution in [0.25, 0.3) is 0 Å². The van der Waals surface area contributed by atoms with Crippen LogP contribution in [0, 0.1) is 5.41 Å². The predicted octanol–water partition coefficient (Wildman–Crippen LogP) is -1.43. The monoisotopic (exact) mass is 281 g/mol. The van der Waals surface area contributed by atoms with Crippen LogP contribution in [-0.4, -0.2) is 57.6 Å². The number of hydrogen-bond acceptors (Lipinski definition) is 6. The second-order valence-electron chi connectivity index (χ2n) is 4.24. The fourth-order valence-corrected chi connectivity index (χ4v) is 2.79. The number of rotatable bonds is 5. The first-order valence-corrected chi connectivity index (χ1v) is 6.74. The Morgan fingerprint density at radius 2 is 2.17 bits per heavy atom. The largest absolute Gasteiger partial charge is 0.481 e. The second kappa shape index (κ2) is 5.21. The molecular weight excluding hydrogens is 266 g/mol. The van der Waals surface area contributed by atoms with Crippen LogP contribution in [-0.2, 0) is 29.1 Å². The number of carboxylic acid groups (broad SMARTS) is 1. The lowest BCUT2D eigenvalue weighted by atomic mass is 9.86. The van der Waals surface area contributed by atoms with Gasteiger partial charge in [0.25, 0.3) is 0 Å². The fourth-order valence-electron chi connectivity index (χ4n) is 1.52. The lowest BCUT2D eigenvalue weighted by Gasteiger charge is -2.24. The van der Waals surface area contributed by atoms with Crippen LogP contribution in [0.5, 0.6) is 0 Å². The van der Waals surface area contributed by atoms with Gasteiger partial charge in [-0.05, 0) is 6.92 Å². The number of methoxy groups -OCH3 is 1. The normalized spacial score (nSPS) is 28.0. The van der Waals surface area contributed by atoms with Crippen molar-refractivity contribution in [2.75, 3.05) is 26.1 Å². The van der Waals surface area contributed by atoms with E-state index in [1.807, 2.05) is 0 Å². The summed E-state index contributed by atoms with van der Waals surface area (Å²) in [6, 6.07) is -0.912. The first kappa shape index (κ1) is 14.9. The Morgan fingerprint density at radius 3 is 2.67 bits per heavy atom. The Kier molecular flexibility index (Phi) is 4.30. The summed E-state index contributed by atoms with van der Waals surface area (Å²) in [5, 5.41) is 9.06. The molecule has 0 aliphatic carbocycles. The summed E-state index contributed by atoms with van der Waals surface area (Å²) >= 11 is 0. The molecule has 0 aromatic rings. The lowest BCUT2D eigenvalue weighted by molar-refractivity contribution is -0.148. The van der Waals surface area contributed by atoms with E-state index in [9.17, 15) is 18.0 Å². The Hall–Kier alpha value is -1.19. The van der Waals surface area contributed by atoms with Gasteiger partial charge < -0.3 is 14.6 Å². The highest BCUT2D eigenvalue weighted by Gasteiger charge is 2.48. The Balaban J connectivity index is 2.78. The molecule has 8 nitrogen and oxygen atoms in total. The molecule has 1 aliphatic heterocycles. The van der Waals surface area contributed by atoms with Crippen LogP contribution < -0.4 is 4.72 Å². The molecule has 1 heterocycles. The van der Waals surface area contributed by atoms with Gasteiger partial charge in [-0.2, -0.15) is 0 Å². The van der Waals surface area contributed by atoms with E-state index in [0.29, 0.717) is 0 Å². The third kappa shape index (κ3) is 3.18. The maximum atomic E-state index is 11.6. The van der Waals surface area contributed by atoms with Crippen LogP contribution >= 0.6 is 0 Å². The van der Waals surface area contributed by atoms with E-state index < -0.39 is 39.2 Å². The summed E-state index contributed by atoms with van der Waals surface area (Å²) in [7, 11) is -2.88. The number of carbonyl (C=O) groups excluding carboxylic acids is 1. The molecule has 0 aromatic carbocycles. The summed E-state index contributed by atoms with van der Waals surface area (Å²) in [5.74, 6) is -2.93. The van der Waals surface area contributed by atoms with Crippen LogP contribution in [0.2, 0.25) is 0 Å². The molecule has 18 heavy (non-hydrogen) atoms. The van der Waals surface area contributed by atoms with Crippen molar-refractivity contribution in [3.63, 3.8) is 0 Å². The van der Waals surface area contributed by atoms with Crippen LogP contribution in [0.4, 0.5) is 0 Å². The number of hydrogen-bond donors (Lipinski definition) is 2. The Bertz CT molecular complexity index is 446. The maximum Gasteiger partial charge on any atom is 0.322 e. The highest BCUT2D eigenvalue weighted by atomic mass is 32.2. The van der Waals surface area contributed by atoms with E-state index in [2.05, 4.69) is 9.46 Å². The van der Waals surface area contributed by atoms with Crippen molar-refractivity contribution in [3.05, 3.63) is 0 Å². The van der Waals surface area contributed by atoms with E-state index >= 15 is 0 Å². The van der Waals surface area contributed by atoms with Gasteiger partial charge in [0.2, 0.25) is 10.0 Å². The molecule has 2 unspecified atom stereocenters. The van der Waals surface area contributed by atoms with Crippen LogP contribution in [0.3, 0.4) is 0 Å². The standard InChI is InChI=1S/C9H15NO7S/c1-9(8(12)13)5-17-3-6(9)10-18(14,15)4-7(11)16-2/h6,10H,3-5H2,1-2H3,(H,12,13). The minimum absolute atomic E-state index is 0.0524. The van der Waals surface area contributed by atoms with Crippen molar-refractivity contribution in [3.8, 4) is 0 Å². The minimum atomic E-state index is -3.95. The SMILES string of the molecule is COC(=O)CS(=O)(=O)NC1COCC1(C)C(=O)O. The zero-order chi connectivity index (χ0) is 14.0. The van der Waals surface area contributed by atoms with E-state index in [0.717, 1.165) is 7.11 Å². The van der Waals surface area contributed by atoms with Crippen LogP contribution in [0.1, 0.15) is 6.92 Å². The van der Waals surface area contributed by atoms with Gasteiger partial charge in [-0.25, -0.2) is 13.1 Å². The molecule has 0 amide bonds. The third-order valence-corrected chi connectivity index (χ3v) is 4.06. The number of sulfonamides is 1. The maximum absolute atomic E-state index is 11.6. The smallest absolute Gasteiger partial charge is 0.322 e. The van der Waals surface area contributed by atoms with Gasteiger partial charge in [0.1, 0.15) is 5.41 Å². The Morgan fingerprint density at radius 1 is 1.56 bits per heavy atom. The van der Waals surface area contributed by atoms with E-state index in [1.54, 1.807) is 0 Å². The van der Waals surface area contributed by atoms with E-state index in [-0.39, 0.29) is 13.2 Å². The quantitative estimate of drug-likeness (QED) is 0.593. The summed E-state index contributed by atoms with van der Waals surface area (Å²) in [6.07, 6.45) is 0. The van der Waals surface area contributed by atoms with Crippen molar-refractivity contribution in [1.82, 2.24) is 4.72 Å². The number of aliphatic carboxylic acids is 1. The number of carbonyl (C=O) groups is 2. The van der Waals surface area contributed by atoms with Gasteiger partial charge in [0.05, 0.1) is 26.4 Å². The fraction of sp³-hybridized carbons (Fsp3) is 0.778. The molecule has 0 aromatic heterocycles. The number of esters is 1. The van der Waals surface area contributed by atoms with Crippen molar-refractivity contribution < 1.29 is 32.6 Å². The van der Waals surface area contributed by atoms with E-state index in [1.165, 1.54) is 6.92 Å². The van der Waals surface area contributed by atoms with Gasteiger partial charge in [0.15, 0.2) is 5.75 Å². The van der Waals surface area contributed by atoms with Crippen LogP contribution in [0.15, 0.2) is 0 Å². The molecule has 2 N–H and O–H groups in total. The van der Waals surface area contributed by atoms with Gasteiger partial charge in [-0.15, -0.1) is 0 Å². The average molecular weight is 281 g/mol. The predicted molar refractivity (Wildman–Crippen MR) is 59.3 cm³/mol. The number of ether oxygens (including phenoxy) is 2. The summed E-state index contributed by atoms with van der Waals surface area (Å²) < 4.78 is 34.6. The molecule has 9 heteroatoms. The van der Waals surface area contributed by atoms with Crippen molar-refractivity contribution in [2.45, 2.75) is 13.0 Å². The highest BCUT2D eigenvalue weighted by molar-refractivity contribution is 7.90. The molecule has 0 saturated carbocycles. The molecular formula is C9H15NO7S. The summed E-state index contributed by atoms with van der Waals surface area (Å²) in [4.78, 5) is 22.0. The van der Waals surface area contributed by atoms with Gasteiger partial charge in [-0.1, -0.05) is 0 Å².